The van der Waals surface area contributed by atoms with Crippen molar-refractivity contribution in [3.05, 3.63) is 57.7 Å². The summed E-state index contributed by atoms with van der Waals surface area (Å²) >= 11 is 0. The second kappa shape index (κ2) is 6.33. The van der Waals surface area contributed by atoms with Gasteiger partial charge in [0.1, 0.15) is 5.56 Å². The molecule has 2 rings (SSSR count). The van der Waals surface area contributed by atoms with E-state index in [9.17, 15) is 9.59 Å². The number of ether oxygens (including phenoxy) is 1. The zero-order valence-electron chi connectivity index (χ0n) is 11.8. The van der Waals surface area contributed by atoms with E-state index >= 15 is 0 Å². The van der Waals surface area contributed by atoms with Gasteiger partial charge in [0.2, 0.25) is 0 Å². The molecule has 2 aromatic rings. The number of rotatable bonds is 4. The molecule has 104 valence electrons. The van der Waals surface area contributed by atoms with Crippen LogP contribution in [0.5, 0.6) is 0 Å². The Hall–Kier alpha value is -2.16. The van der Waals surface area contributed by atoms with Gasteiger partial charge in [0.05, 0.1) is 6.61 Å². The third-order valence-electron chi connectivity index (χ3n) is 3.18. The van der Waals surface area contributed by atoms with Gasteiger partial charge in [-0.15, -0.1) is 0 Å². The summed E-state index contributed by atoms with van der Waals surface area (Å²) in [5.41, 5.74) is 0.565. The van der Waals surface area contributed by atoms with Crippen LogP contribution in [-0.4, -0.2) is 12.6 Å². The number of hydrogen-bond donors (Lipinski definition) is 0. The van der Waals surface area contributed by atoms with Crippen LogP contribution in [0.15, 0.2) is 41.2 Å². The van der Waals surface area contributed by atoms with Gasteiger partial charge in [-0.25, -0.2) is 4.79 Å². The molecule has 0 saturated carbocycles. The second-order valence-corrected chi connectivity index (χ2v) is 4.66. The van der Waals surface area contributed by atoms with Crippen LogP contribution >= 0.6 is 0 Å². The van der Waals surface area contributed by atoms with Gasteiger partial charge in [-0.2, -0.15) is 0 Å². The maximum Gasteiger partial charge on any atom is 0.342 e. The summed E-state index contributed by atoms with van der Waals surface area (Å²) in [6, 6.07) is 11.2. The maximum atomic E-state index is 12.5. The molecule has 0 unspecified atom stereocenters. The highest BCUT2D eigenvalue weighted by molar-refractivity contribution is 5.94. The summed E-state index contributed by atoms with van der Waals surface area (Å²) in [7, 11) is 0. The third-order valence-corrected chi connectivity index (χ3v) is 3.18. The van der Waals surface area contributed by atoms with Gasteiger partial charge in [0.25, 0.3) is 0 Å². The van der Waals surface area contributed by atoms with Crippen molar-refractivity contribution in [3.63, 3.8) is 0 Å². The minimum atomic E-state index is -0.545. The number of carbonyl (C=O) groups is 1. The number of hydrogen-bond acceptors (Lipinski definition) is 3. The lowest BCUT2D eigenvalue weighted by atomic mass is 10.1. The molecule has 0 radical (unpaired) electrons. The van der Waals surface area contributed by atoms with E-state index in [4.69, 9.17) is 4.74 Å². The van der Waals surface area contributed by atoms with Gasteiger partial charge in [-0.1, -0.05) is 37.6 Å². The van der Waals surface area contributed by atoms with Crippen molar-refractivity contribution < 1.29 is 9.53 Å². The number of aryl methyl sites for hydroxylation is 1. The highest BCUT2D eigenvalue weighted by atomic mass is 16.5. The fourth-order valence-electron chi connectivity index (χ4n) is 2.24. The van der Waals surface area contributed by atoms with Crippen LogP contribution in [0, 0.1) is 0 Å². The van der Waals surface area contributed by atoms with Crippen molar-refractivity contribution in [3.8, 4) is 0 Å². The number of carbonyl (C=O) groups excluding carboxylic acids is 1. The summed E-state index contributed by atoms with van der Waals surface area (Å²) in [5, 5.41) is 1.83. The normalized spacial score (nSPS) is 10.5. The van der Waals surface area contributed by atoms with Crippen LogP contribution in [0.3, 0.4) is 0 Å². The first-order chi connectivity index (χ1) is 9.67. The van der Waals surface area contributed by atoms with E-state index in [1.807, 2.05) is 37.3 Å². The summed E-state index contributed by atoms with van der Waals surface area (Å²) in [4.78, 5) is 24.5. The lowest BCUT2D eigenvalue weighted by molar-refractivity contribution is 0.0525. The van der Waals surface area contributed by atoms with Crippen molar-refractivity contribution in [1.82, 2.24) is 0 Å². The Balaban J connectivity index is 2.76. The monoisotopic (exact) mass is 270 g/mol. The molecule has 0 spiro atoms. The minimum absolute atomic E-state index is 0.122. The standard InChI is InChI=1S/C17H18O3/c1-3-7-14-10-12-8-5-6-9-13(12)11-15(16(14)18)17(19)20-4-2/h5-6,8-11H,3-4,7H2,1-2H3. The van der Waals surface area contributed by atoms with Gasteiger partial charge < -0.3 is 4.74 Å². The van der Waals surface area contributed by atoms with Gasteiger partial charge in [0, 0.05) is 5.56 Å². The van der Waals surface area contributed by atoms with Crippen LogP contribution in [0.2, 0.25) is 0 Å². The molecule has 0 aliphatic rings. The largest absolute Gasteiger partial charge is 0.462 e. The Labute approximate surface area is 118 Å². The molecule has 0 atom stereocenters. The van der Waals surface area contributed by atoms with Crippen molar-refractivity contribution >= 4 is 16.7 Å². The maximum absolute atomic E-state index is 12.5. The van der Waals surface area contributed by atoms with Crippen LogP contribution in [0.25, 0.3) is 10.8 Å². The molecule has 0 fully saturated rings. The summed E-state index contributed by atoms with van der Waals surface area (Å²) in [6.07, 6.45) is 1.51. The highest BCUT2D eigenvalue weighted by Gasteiger charge is 2.14. The topological polar surface area (TPSA) is 43.4 Å². The molecule has 0 aliphatic heterocycles. The van der Waals surface area contributed by atoms with Crippen LogP contribution < -0.4 is 5.43 Å². The summed E-state index contributed by atoms with van der Waals surface area (Å²) in [5.74, 6) is -0.545. The molecule has 0 heterocycles. The van der Waals surface area contributed by atoms with E-state index in [1.165, 1.54) is 0 Å². The van der Waals surface area contributed by atoms with Crippen LogP contribution in [-0.2, 0) is 11.2 Å². The molecular weight excluding hydrogens is 252 g/mol. The van der Waals surface area contributed by atoms with Crippen molar-refractivity contribution in [2.45, 2.75) is 26.7 Å². The smallest absolute Gasteiger partial charge is 0.342 e. The predicted octanol–water partition coefficient (Wildman–Crippen LogP) is 3.33. The van der Waals surface area contributed by atoms with Crippen LogP contribution in [0.4, 0.5) is 0 Å². The number of benzene rings is 1. The Bertz CT molecular complexity index is 689. The molecule has 2 aromatic carbocycles. The van der Waals surface area contributed by atoms with Crippen LogP contribution in [0.1, 0.15) is 36.2 Å². The first-order valence-corrected chi connectivity index (χ1v) is 6.90. The van der Waals surface area contributed by atoms with Gasteiger partial charge in [0.15, 0.2) is 5.43 Å². The molecule has 0 N–H and O–H groups in total. The average Bonchev–Trinajstić information content (AvgIpc) is 2.58. The Morgan fingerprint density at radius 3 is 2.35 bits per heavy atom. The molecule has 0 bridgehead atoms. The fourth-order valence-corrected chi connectivity index (χ4v) is 2.24. The molecule has 0 aromatic heterocycles. The first-order valence-electron chi connectivity index (χ1n) is 6.90. The van der Waals surface area contributed by atoms with Gasteiger partial charge >= 0.3 is 5.97 Å². The fraction of sp³-hybridized carbons (Fsp3) is 0.294. The molecular formula is C17H18O3. The second-order valence-electron chi connectivity index (χ2n) is 4.66. The van der Waals surface area contributed by atoms with Gasteiger partial charge in [-0.3, -0.25) is 4.79 Å². The van der Waals surface area contributed by atoms with Crippen molar-refractivity contribution in [2.75, 3.05) is 6.61 Å². The lowest BCUT2D eigenvalue weighted by Crippen LogP contribution is -2.18. The van der Waals surface area contributed by atoms with E-state index in [1.54, 1.807) is 13.0 Å². The first kappa shape index (κ1) is 14.3. The van der Waals surface area contributed by atoms with E-state index < -0.39 is 5.97 Å². The van der Waals surface area contributed by atoms with E-state index in [0.717, 1.165) is 17.2 Å². The molecule has 20 heavy (non-hydrogen) atoms. The molecule has 0 amide bonds. The van der Waals surface area contributed by atoms with E-state index in [-0.39, 0.29) is 17.6 Å². The zero-order chi connectivity index (χ0) is 14.5. The SMILES string of the molecule is CCCc1cc2ccccc2cc(C(=O)OCC)c1=O. The van der Waals surface area contributed by atoms with Crippen molar-refractivity contribution in [2.24, 2.45) is 0 Å². The lowest BCUT2D eigenvalue weighted by Gasteiger charge is -1.99. The molecule has 0 aliphatic carbocycles. The number of fused-ring (bicyclic) bond motifs is 1. The zero-order valence-corrected chi connectivity index (χ0v) is 11.8. The van der Waals surface area contributed by atoms with Gasteiger partial charge in [-0.05, 0) is 36.2 Å². The quantitative estimate of drug-likeness (QED) is 0.800. The highest BCUT2D eigenvalue weighted by Crippen LogP contribution is 2.15. The number of esters is 1. The Morgan fingerprint density at radius 2 is 1.75 bits per heavy atom. The van der Waals surface area contributed by atoms with Crippen molar-refractivity contribution in [1.29, 1.82) is 0 Å². The minimum Gasteiger partial charge on any atom is -0.462 e. The molecule has 0 saturated heterocycles. The Morgan fingerprint density at radius 1 is 1.10 bits per heavy atom. The molecule has 3 heteroatoms. The average molecular weight is 270 g/mol. The summed E-state index contributed by atoms with van der Waals surface area (Å²) in [6.45, 7) is 4.01. The Kier molecular flexibility index (Phi) is 4.51. The molecule has 3 nitrogen and oxygen atoms in total. The third kappa shape index (κ3) is 2.87. The van der Waals surface area contributed by atoms with E-state index in [2.05, 4.69) is 0 Å². The van der Waals surface area contributed by atoms with E-state index in [0.29, 0.717) is 12.0 Å². The summed E-state index contributed by atoms with van der Waals surface area (Å²) < 4.78 is 4.99. The predicted molar refractivity (Wildman–Crippen MR) is 80.2 cm³/mol.